The van der Waals surface area contributed by atoms with E-state index < -0.39 is 24.0 Å². The molecule has 2 rings (SSSR count). The lowest BCUT2D eigenvalue weighted by Crippen LogP contribution is -2.52. The number of anilines is 1. The van der Waals surface area contributed by atoms with Gasteiger partial charge < -0.3 is 16.6 Å². The number of hydrogen-bond donors (Lipinski definition) is 5. The fourth-order valence-corrected chi connectivity index (χ4v) is 3.08. The van der Waals surface area contributed by atoms with Crippen LogP contribution in [0.5, 0.6) is 0 Å². The van der Waals surface area contributed by atoms with E-state index in [9.17, 15) is 14.7 Å². The summed E-state index contributed by atoms with van der Waals surface area (Å²) in [5.74, 6) is -0.766. The van der Waals surface area contributed by atoms with E-state index in [1.165, 1.54) is 25.3 Å². The van der Waals surface area contributed by atoms with Gasteiger partial charge in [0.2, 0.25) is 0 Å². The third-order valence-electron chi connectivity index (χ3n) is 4.45. The molecule has 0 aromatic heterocycles. The molecule has 0 spiro atoms. The van der Waals surface area contributed by atoms with E-state index in [-0.39, 0.29) is 0 Å². The minimum atomic E-state index is -1.35. The molecule has 7 heteroatoms. The van der Waals surface area contributed by atoms with Gasteiger partial charge in [-0.1, -0.05) is 38.2 Å². The van der Waals surface area contributed by atoms with Gasteiger partial charge in [-0.15, -0.1) is 0 Å². The Kier molecular flexibility index (Phi) is 6.57. The summed E-state index contributed by atoms with van der Waals surface area (Å²) in [6.07, 6.45) is 5.03. The Bertz CT molecular complexity index is 573. The molecule has 132 valence electrons. The Morgan fingerprint density at radius 1 is 1.21 bits per heavy atom. The number of rotatable bonds is 5. The number of hydrazine groups is 1. The average molecular weight is 334 g/mol. The molecule has 7 nitrogen and oxygen atoms in total. The first-order valence-electron chi connectivity index (χ1n) is 8.36. The van der Waals surface area contributed by atoms with Crippen LogP contribution < -0.4 is 22.3 Å². The normalized spacial score (nSPS) is 17.8. The van der Waals surface area contributed by atoms with E-state index in [0.29, 0.717) is 23.6 Å². The summed E-state index contributed by atoms with van der Waals surface area (Å²) in [6, 6.07) is 5.72. The second-order valence-corrected chi connectivity index (χ2v) is 6.42. The smallest absolute Gasteiger partial charge is 0.269 e. The number of nitrogens with one attached hydrogen (secondary N) is 2. The van der Waals surface area contributed by atoms with Crippen molar-refractivity contribution in [1.82, 2.24) is 10.9 Å². The van der Waals surface area contributed by atoms with E-state index in [1.807, 2.05) is 0 Å². The molecule has 0 saturated heterocycles. The molecule has 2 amide bonds. The van der Waals surface area contributed by atoms with Gasteiger partial charge in [-0.3, -0.25) is 20.4 Å². The highest BCUT2D eigenvalue weighted by Crippen LogP contribution is 2.27. The fourth-order valence-electron chi connectivity index (χ4n) is 3.08. The molecule has 0 aliphatic heterocycles. The van der Waals surface area contributed by atoms with Crippen LogP contribution in [0.1, 0.15) is 48.9 Å². The molecule has 1 unspecified atom stereocenters. The van der Waals surface area contributed by atoms with E-state index in [2.05, 4.69) is 10.9 Å². The molecule has 1 fully saturated rings. The van der Waals surface area contributed by atoms with Crippen LogP contribution in [0.3, 0.4) is 0 Å². The third-order valence-corrected chi connectivity index (χ3v) is 4.45. The maximum Gasteiger partial charge on any atom is 0.269 e. The second kappa shape index (κ2) is 8.65. The van der Waals surface area contributed by atoms with Gasteiger partial charge in [0.1, 0.15) is 6.10 Å². The van der Waals surface area contributed by atoms with Gasteiger partial charge in [-0.2, -0.15) is 0 Å². The van der Waals surface area contributed by atoms with E-state index in [0.717, 1.165) is 12.8 Å². The number of benzene rings is 1. The third kappa shape index (κ3) is 5.21. The standard InChI is InChI=1S/C17H26N4O3/c18-13-8-4-7-12(10-13)16(23)20-21-17(24)15(22)14(19)9-11-5-2-1-3-6-11/h4,7-8,10-11,14-15,22H,1-3,5-6,9,18-19H2,(H,20,23)(H,21,24)/t14-,15?/m1/s1. The lowest BCUT2D eigenvalue weighted by molar-refractivity contribution is -0.131. The maximum absolute atomic E-state index is 11.9. The van der Waals surface area contributed by atoms with Crippen LogP contribution in [-0.4, -0.2) is 29.1 Å². The molecular formula is C17H26N4O3. The number of amides is 2. The fraction of sp³-hybridized carbons (Fsp3) is 0.529. The predicted octanol–water partition coefficient (Wildman–Crippen LogP) is 0.688. The minimum absolute atomic E-state index is 0.316. The highest BCUT2D eigenvalue weighted by atomic mass is 16.3. The Morgan fingerprint density at radius 2 is 1.92 bits per heavy atom. The van der Waals surface area contributed by atoms with Crippen molar-refractivity contribution in [3.8, 4) is 0 Å². The van der Waals surface area contributed by atoms with Crippen molar-refractivity contribution in [3.63, 3.8) is 0 Å². The lowest BCUT2D eigenvalue weighted by Gasteiger charge is -2.26. The van der Waals surface area contributed by atoms with Crippen LogP contribution in [0, 0.1) is 5.92 Å². The number of carbonyl (C=O) groups is 2. The topological polar surface area (TPSA) is 130 Å². The van der Waals surface area contributed by atoms with Crippen LogP contribution in [0.2, 0.25) is 0 Å². The molecular weight excluding hydrogens is 308 g/mol. The number of aliphatic hydroxyl groups is 1. The van der Waals surface area contributed by atoms with Crippen molar-refractivity contribution >= 4 is 17.5 Å². The molecule has 2 atom stereocenters. The first-order chi connectivity index (χ1) is 11.5. The molecule has 24 heavy (non-hydrogen) atoms. The summed E-state index contributed by atoms with van der Waals surface area (Å²) in [6.45, 7) is 0. The Labute approximate surface area is 141 Å². The van der Waals surface area contributed by atoms with Crippen molar-refractivity contribution in [1.29, 1.82) is 0 Å². The number of aliphatic hydroxyl groups excluding tert-OH is 1. The number of carbonyl (C=O) groups excluding carboxylic acids is 2. The van der Waals surface area contributed by atoms with Crippen molar-refractivity contribution < 1.29 is 14.7 Å². The first kappa shape index (κ1) is 18.2. The highest BCUT2D eigenvalue weighted by Gasteiger charge is 2.26. The summed E-state index contributed by atoms with van der Waals surface area (Å²) in [4.78, 5) is 23.9. The lowest BCUT2D eigenvalue weighted by atomic mass is 9.84. The van der Waals surface area contributed by atoms with Gasteiger partial charge in [0, 0.05) is 17.3 Å². The first-order valence-corrected chi connectivity index (χ1v) is 8.36. The molecule has 1 aromatic rings. The Morgan fingerprint density at radius 3 is 2.58 bits per heavy atom. The molecule has 7 N–H and O–H groups in total. The van der Waals surface area contributed by atoms with Crippen LogP contribution in [0.25, 0.3) is 0 Å². The molecule has 0 heterocycles. The van der Waals surface area contributed by atoms with Gasteiger partial charge in [0.25, 0.3) is 11.8 Å². The van der Waals surface area contributed by atoms with Crippen molar-refractivity contribution in [3.05, 3.63) is 29.8 Å². The molecule has 0 bridgehead atoms. The molecule has 1 aromatic carbocycles. The summed E-state index contributed by atoms with van der Waals surface area (Å²) in [5.41, 5.74) is 16.8. The van der Waals surface area contributed by atoms with Gasteiger partial charge in [-0.05, 0) is 30.5 Å². The Balaban J connectivity index is 1.79. The predicted molar refractivity (Wildman–Crippen MR) is 91.6 cm³/mol. The summed E-state index contributed by atoms with van der Waals surface area (Å²) in [5, 5.41) is 10.0. The second-order valence-electron chi connectivity index (χ2n) is 6.42. The molecule has 1 aliphatic carbocycles. The average Bonchev–Trinajstić information content (AvgIpc) is 2.59. The van der Waals surface area contributed by atoms with Crippen molar-refractivity contribution in [2.24, 2.45) is 11.7 Å². The van der Waals surface area contributed by atoms with Crippen LogP contribution in [0.4, 0.5) is 5.69 Å². The SMILES string of the molecule is Nc1cccc(C(=O)NNC(=O)C(O)[C@H](N)CC2CCCCC2)c1. The summed E-state index contributed by atoms with van der Waals surface area (Å²) >= 11 is 0. The van der Waals surface area contributed by atoms with Gasteiger partial charge in [-0.25, -0.2) is 0 Å². The summed E-state index contributed by atoms with van der Waals surface area (Å²) in [7, 11) is 0. The highest BCUT2D eigenvalue weighted by molar-refractivity contribution is 5.96. The van der Waals surface area contributed by atoms with Crippen molar-refractivity contribution in [2.75, 3.05) is 5.73 Å². The van der Waals surface area contributed by atoms with E-state index in [4.69, 9.17) is 11.5 Å². The minimum Gasteiger partial charge on any atom is -0.399 e. The zero-order chi connectivity index (χ0) is 17.5. The number of nitrogen functional groups attached to an aromatic ring is 1. The van der Waals surface area contributed by atoms with Crippen LogP contribution >= 0.6 is 0 Å². The number of nitrogens with two attached hydrogens (primary N) is 2. The van der Waals surface area contributed by atoms with Gasteiger partial charge in [0.15, 0.2) is 0 Å². The molecule has 1 saturated carbocycles. The Hall–Kier alpha value is -2.12. The maximum atomic E-state index is 11.9. The number of hydrogen-bond acceptors (Lipinski definition) is 5. The zero-order valence-electron chi connectivity index (χ0n) is 13.7. The van der Waals surface area contributed by atoms with Crippen molar-refractivity contribution in [2.45, 2.75) is 50.7 Å². The zero-order valence-corrected chi connectivity index (χ0v) is 13.7. The van der Waals surface area contributed by atoms with E-state index in [1.54, 1.807) is 18.2 Å². The van der Waals surface area contributed by atoms with Gasteiger partial charge in [0.05, 0.1) is 0 Å². The largest absolute Gasteiger partial charge is 0.399 e. The monoisotopic (exact) mass is 334 g/mol. The quantitative estimate of drug-likeness (QED) is 0.399. The summed E-state index contributed by atoms with van der Waals surface area (Å²) < 4.78 is 0. The van der Waals surface area contributed by atoms with Crippen LogP contribution in [-0.2, 0) is 4.79 Å². The van der Waals surface area contributed by atoms with E-state index >= 15 is 0 Å². The molecule has 1 aliphatic rings. The van der Waals surface area contributed by atoms with Crippen LogP contribution in [0.15, 0.2) is 24.3 Å². The van der Waals surface area contributed by atoms with Gasteiger partial charge >= 0.3 is 0 Å². The molecule has 0 radical (unpaired) electrons.